The number of hydrogen-bond donors (Lipinski definition) is 3. The number of nitrogens with one attached hydrogen (secondary N) is 3. The summed E-state index contributed by atoms with van der Waals surface area (Å²) >= 11 is 0. The molecule has 0 spiro atoms. The smallest absolute Gasteiger partial charge is 0.251 e. The summed E-state index contributed by atoms with van der Waals surface area (Å²) in [5, 5.41) is 5.39. The second-order valence-electron chi connectivity index (χ2n) is 6.59. The molecular weight excluding hydrogens is 390 g/mol. The van der Waals surface area contributed by atoms with Crippen molar-refractivity contribution in [3.63, 3.8) is 0 Å². The van der Waals surface area contributed by atoms with Crippen molar-refractivity contribution in [1.82, 2.24) is 15.4 Å². The van der Waals surface area contributed by atoms with Gasteiger partial charge in [-0.05, 0) is 49.8 Å². The second-order valence-corrected chi connectivity index (χ2v) is 8.31. The van der Waals surface area contributed by atoms with Gasteiger partial charge < -0.3 is 10.6 Å². The first kappa shape index (κ1) is 22.3. The van der Waals surface area contributed by atoms with E-state index < -0.39 is 10.0 Å². The quantitative estimate of drug-likeness (QED) is 0.430. The number of amides is 2. The van der Waals surface area contributed by atoms with Crippen LogP contribution < -0.4 is 15.4 Å². The summed E-state index contributed by atoms with van der Waals surface area (Å²) in [6.07, 6.45) is 2.94. The van der Waals surface area contributed by atoms with Crippen molar-refractivity contribution in [3.8, 4) is 0 Å². The van der Waals surface area contributed by atoms with Crippen LogP contribution in [0, 0.1) is 0 Å². The van der Waals surface area contributed by atoms with Crippen LogP contribution in [-0.2, 0) is 14.8 Å². The van der Waals surface area contributed by atoms with Crippen molar-refractivity contribution in [1.29, 1.82) is 0 Å². The van der Waals surface area contributed by atoms with Crippen molar-refractivity contribution >= 4 is 27.9 Å². The van der Waals surface area contributed by atoms with Crippen LogP contribution in [0.25, 0.3) is 6.08 Å². The molecule has 0 bridgehead atoms. The van der Waals surface area contributed by atoms with Gasteiger partial charge in [-0.25, -0.2) is 13.1 Å². The van der Waals surface area contributed by atoms with Crippen LogP contribution in [0.15, 0.2) is 65.6 Å². The third-order valence-electron chi connectivity index (χ3n) is 3.75. The maximum Gasteiger partial charge on any atom is 0.251 e. The summed E-state index contributed by atoms with van der Waals surface area (Å²) < 4.78 is 26.7. The van der Waals surface area contributed by atoms with Crippen LogP contribution in [-0.4, -0.2) is 39.4 Å². The summed E-state index contributed by atoms with van der Waals surface area (Å²) in [7, 11) is -3.54. The molecule has 7 nitrogen and oxygen atoms in total. The van der Waals surface area contributed by atoms with E-state index in [1.54, 1.807) is 56.3 Å². The molecule has 0 aliphatic rings. The molecule has 0 aromatic heterocycles. The highest BCUT2D eigenvalue weighted by Gasteiger charge is 2.14. The van der Waals surface area contributed by atoms with Gasteiger partial charge >= 0.3 is 0 Å². The molecule has 0 heterocycles. The molecule has 0 unspecified atom stereocenters. The second kappa shape index (κ2) is 10.5. The van der Waals surface area contributed by atoms with Crippen molar-refractivity contribution in [3.05, 3.63) is 71.8 Å². The summed E-state index contributed by atoms with van der Waals surface area (Å²) in [5.74, 6) is -0.505. The van der Waals surface area contributed by atoms with Gasteiger partial charge in [0, 0.05) is 30.8 Å². The fourth-order valence-electron chi connectivity index (χ4n) is 2.42. The van der Waals surface area contributed by atoms with E-state index in [0.29, 0.717) is 24.2 Å². The van der Waals surface area contributed by atoms with E-state index in [1.165, 1.54) is 18.2 Å². The average molecular weight is 416 g/mol. The Labute approximate surface area is 171 Å². The lowest BCUT2D eigenvalue weighted by Gasteiger charge is -2.09. The van der Waals surface area contributed by atoms with Gasteiger partial charge in [0.25, 0.3) is 5.91 Å². The Morgan fingerprint density at radius 1 is 0.931 bits per heavy atom. The number of carbonyl (C=O) groups excluding carboxylic acids is 2. The monoisotopic (exact) mass is 415 g/mol. The minimum atomic E-state index is -3.54. The maximum atomic E-state index is 12.1. The number of benzene rings is 2. The average Bonchev–Trinajstić information content (AvgIpc) is 2.69. The molecule has 2 rings (SSSR count). The number of rotatable bonds is 9. The highest BCUT2D eigenvalue weighted by molar-refractivity contribution is 7.89. The highest BCUT2D eigenvalue weighted by atomic mass is 32.2. The molecule has 8 heteroatoms. The molecule has 0 aliphatic heterocycles. The van der Waals surface area contributed by atoms with E-state index in [4.69, 9.17) is 0 Å². The first-order valence-corrected chi connectivity index (χ1v) is 10.7. The molecule has 0 saturated carbocycles. The van der Waals surface area contributed by atoms with E-state index in [1.807, 2.05) is 6.07 Å². The normalized spacial score (nSPS) is 11.6. The Kier molecular flexibility index (Phi) is 8.11. The van der Waals surface area contributed by atoms with E-state index in [-0.39, 0.29) is 22.8 Å². The van der Waals surface area contributed by atoms with Crippen molar-refractivity contribution in [2.45, 2.75) is 24.8 Å². The SMILES string of the molecule is CC(C)NS(=O)(=O)c1ccc(/C=C/C(=O)NCCNC(=O)c2ccccc2)cc1. The fourth-order valence-corrected chi connectivity index (χ4v) is 3.67. The lowest BCUT2D eigenvalue weighted by Crippen LogP contribution is -2.33. The first-order valence-electron chi connectivity index (χ1n) is 9.19. The van der Waals surface area contributed by atoms with Gasteiger partial charge in [0.2, 0.25) is 15.9 Å². The van der Waals surface area contributed by atoms with Crippen molar-refractivity contribution < 1.29 is 18.0 Å². The van der Waals surface area contributed by atoms with E-state index in [9.17, 15) is 18.0 Å². The molecule has 0 atom stereocenters. The lowest BCUT2D eigenvalue weighted by molar-refractivity contribution is -0.116. The topological polar surface area (TPSA) is 104 Å². The van der Waals surface area contributed by atoms with Crippen LogP contribution in [0.5, 0.6) is 0 Å². The van der Waals surface area contributed by atoms with Crippen molar-refractivity contribution in [2.75, 3.05) is 13.1 Å². The summed E-state index contributed by atoms with van der Waals surface area (Å²) in [4.78, 5) is 23.9. The summed E-state index contributed by atoms with van der Waals surface area (Å²) in [5.41, 5.74) is 1.26. The zero-order valence-electron chi connectivity index (χ0n) is 16.4. The van der Waals surface area contributed by atoms with Crippen LogP contribution in [0.4, 0.5) is 0 Å². The molecule has 0 saturated heterocycles. The minimum Gasteiger partial charge on any atom is -0.351 e. The van der Waals surface area contributed by atoms with Gasteiger partial charge in [0.15, 0.2) is 0 Å². The third-order valence-corrected chi connectivity index (χ3v) is 5.43. The third kappa shape index (κ3) is 7.52. The fraction of sp³-hybridized carbons (Fsp3) is 0.238. The summed E-state index contributed by atoms with van der Waals surface area (Å²) in [6.45, 7) is 4.10. The molecular formula is C21H25N3O4S. The number of hydrogen-bond acceptors (Lipinski definition) is 4. The first-order chi connectivity index (χ1) is 13.8. The summed E-state index contributed by atoms with van der Waals surface area (Å²) in [6, 6.07) is 14.9. The molecule has 154 valence electrons. The maximum absolute atomic E-state index is 12.1. The Hall–Kier alpha value is -2.97. The van der Waals surface area contributed by atoms with Crippen LogP contribution in [0.1, 0.15) is 29.8 Å². The molecule has 0 radical (unpaired) electrons. The Morgan fingerprint density at radius 3 is 2.17 bits per heavy atom. The zero-order chi connectivity index (χ0) is 21.3. The Balaban J connectivity index is 1.78. The molecule has 2 amide bonds. The predicted octanol–water partition coefficient (Wildman–Crippen LogP) is 1.93. The van der Waals surface area contributed by atoms with Gasteiger partial charge in [-0.1, -0.05) is 30.3 Å². The molecule has 0 aliphatic carbocycles. The van der Waals surface area contributed by atoms with E-state index in [0.717, 1.165) is 0 Å². The number of carbonyl (C=O) groups is 2. The minimum absolute atomic E-state index is 0.168. The van der Waals surface area contributed by atoms with Gasteiger partial charge in [-0.2, -0.15) is 0 Å². The van der Waals surface area contributed by atoms with Gasteiger partial charge in [-0.3, -0.25) is 9.59 Å². The lowest BCUT2D eigenvalue weighted by atomic mass is 10.2. The van der Waals surface area contributed by atoms with E-state index in [2.05, 4.69) is 15.4 Å². The molecule has 3 N–H and O–H groups in total. The zero-order valence-corrected chi connectivity index (χ0v) is 17.2. The molecule has 2 aromatic rings. The van der Waals surface area contributed by atoms with Crippen LogP contribution >= 0.6 is 0 Å². The standard InChI is InChI=1S/C21H25N3O4S/c1-16(2)24-29(27,28)19-11-8-17(9-12-19)10-13-20(25)22-14-15-23-21(26)18-6-4-3-5-7-18/h3-13,16,24H,14-15H2,1-2H3,(H,22,25)(H,23,26)/b13-10+. The van der Waals surface area contributed by atoms with Gasteiger partial charge in [-0.15, -0.1) is 0 Å². The molecule has 0 fully saturated rings. The Bertz CT molecular complexity index is 953. The van der Waals surface area contributed by atoms with Crippen molar-refractivity contribution in [2.24, 2.45) is 0 Å². The molecule has 2 aromatic carbocycles. The highest BCUT2D eigenvalue weighted by Crippen LogP contribution is 2.12. The Morgan fingerprint density at radius 2 is 1.55 bits per heavy atom. The van der Waals surface area contributed by atoms with Gasteiger partial charge in [0.1, 0.15) is 0 Å². The van der Waals surface area contributed by atoms with Gasteiger partial charge in [0.05, 0.1) is 4.90 Å². The predicted molar refractivity (Wildman–Crippen MR) is 113 cm³/mol. The largest absolute Gasteiger partial charge is 0.351 e. The van der Waals surface area contributed by atoms with E-state index >= 15 is 0 Å². The number of sulfonamides is 1. The molecule has 29 heavy (non-hydrogen) atoms. The van der Waals surface area contributed by atoms with Crippen LogP contribution in [0.2, 0.25) is 0 Å². The van der Waals surface area contributed by atoms with Crippen LogP contribution in [0.3, 0.4) is 0 Å².